The van der Waals surface area contributed by atoms with Gasteiger partial charge in [0.25, 0.3) is 0 Å². The van der Waals surface area contributed by atoms with Crippen molar-refractivity contribution in [1.29, 1.82) is 0 Å². The van der Waals surface area contributed by atoms with Crippen molar-refractivity contribution in [3.63, 3.8) is 0 Å². The van der Waals surface area contributed by atoms with Crippen molar-refractivity contribution in [2.45, 2.75) is 38.2 Å². The fraction of sp³-hybridized carbons (Fsp3) is 0.833. The molecule has 18 heavy (non-hydrogen) atoms. The zero-order valence-corrected chi connectivity index (χ0v) is 10.3. The summed E-state index contributed by atoms with van der Waals surface area (Å²) in [5.74, 6) is -0.463. The molecule has 0 heterocycles. The minimum atomic E-state index is -1.41. The number of carbonyl (C=O) groups is 2. The van der Waals surface area contributed by atoms with Gasteiger partial charge in [-0.15, -0.1) is 0 Å². The Kier molecular flexibility index (Phi) is 3.75. The number of rotatable bonds is 7. The molecule has 0 aliphatic heterocycles. The highest BCUT2D eigenvalue weighted by Gasteiger charge is 2.53. The summed E-state index contributed by atoms with van der Waals surface area (Å²) >= 11 is 0. The maximum absolute atomic E-state index is 11.5. The van der Waals surface area contributed by atoms with Gasteiger partial charge in [0, 0.05) is 19.5 Å². The number of aliphatic hydroxyl groups excluding tert-OH is 1. The van der Waals surface area contributed by atoms with Crippen molar-refractivity contribution in [3.05, 3.63) is 0 Å². The van der Waals surface area contributed by atoms with Gasteiger partial charge in [-0.2, -0.15) is 0 Å². The van der Waals surface area contributed by atoms with Crippen molar-refractivity contribution < 1.29 is 19.8 Å². The number of nitrogens with one attached hydrogen (secondary N) is 2. The van der Waals surface area contributed by atoms with Crippen LogP contribution in [0.5, 0.6) is 0 Å². The van der Waals surface area contributed by atoms with Crippen LogP contribution in [-0.2, 0) is 4.79 Å². The lowest BCUT2D eigenvalue weighted by atomic mass is 10.0. The van der Waals surface area contributed by atoms with Crippen LogP contribution in [0.25, 0.3) is 0 Å². The smallest absolute Gasteiger partial charge is 0.332 e. The highest BCUT2D eigenvalue weighted by molar-refractivity contribution is 5.74. The molecule has 2 rings (SSSR count). The van der Waals surface area contributed by atoms with Crippen LogP contribution < -0.4 is 10.6 Å². The minimum absolute atomic E-state index is 0.0243. The molecule has 102 valence electrons. The van der Waals surface area contributed by atoms with Gasteiger partial charge in [-0.25, -0.2) is 9.59 Å². The van der Waals surface area contributed by atoms with Crippen molar-refractivity contribution in [1.82, 2.24) is 10.6 Å². The highest BCUT2D eigenvalue weighted by atomic mass is 16.4. The molecule has 6 nitrogen and oxygen atoms in total. The molecule has 0 aromatic heterocycles. The van der Waals surface area contributed by atoms with Crippen molar-refractivity contribution in [2.75, 3.05) is 13.1 Å². The van der Waals surface area contributed by atoms with E-state index in [1.165, 1.54) is 25.7 Å². The number of hydrogen-bond acceptors (Lipinski definition) is 3. The van der Waals surface area contributed by atoms with Crippen LogP contribution in [0.15, 0.2) is 0 Å². The van der Waals surface area contributed by atoms with Crippen LogP contribution in [0.2, 0.25) is 0 Å². The van der Waals surface area contributed by atoms with E-state index in [9.17, 15) is 9.59 Å². The summed E-state index contributed by atoms with van der Waals surface area (Å²) in [6.45, 7) is 0.876. The molecule has 2 amide bonds. The van der Waals surface area contributed by atoms with E-state index in [4.69, 9.17) is 10.2 Å². The third-order valence-electron chi connectivity index (χ3n) is 3.93. The Hall–Kier alpha value is -1.30. The summed E-state index contributed by atoms with van der Waals surface area (Å²) in [4.78, 5) is 21.8. The third-order valence-corrected chi connectivity index (χ3v) is 3.93. The number of urea groups is 1. The first kappa shape index (κ1) is 13.1. The predicted octanol–water partition coefficient (Wildman–Crippen LogP) is 0.311. The van der Waals surface area contributed by atoms with Gasteiger partial charge in [0.1, 0.15) is 0 Å². The fourth-order valence-electron chi connectivity index (χ4n) is 2.35. The summed E-state index contributed by atoms with van der Waals surface area (Å²) in [6, 6.07) is -0.278. The van der Waals surface area contributed by atoms with Crippen LogP contribution in [0.1, 0.15) is 32.1 Å². The van der Waals surface area contributed by atoms with Gasteiger partial charge in [0.05, 0.1) is 0 Å². The molecular weight excluding hydrogens is 236 g/mol. The molecule has 6 heteroatoms. The van der Waals surface area contributed by atoms with Crippen LogP contribution in [0.4, 0.5) is 4.79 Å². The van der Waals surface area contributed by atoms with E-state index in [0.717, 1.165) is 5.92 Å². The Balaban J connectivity index is 1.56. The number of aliphatic hydroxyl groups is 1. The first-order chi connectivity index (χ1) is 8.53. The fourth-order valence-corrected chi connectivity index (χ4v) is 2.35. The molecule has 0 spiro atoms. The summed E-state index contributed by atoms with van der Waals surface area (Å²) in [5, 5.41) is 22.9. The Morgan fingerprint density at radius 1 is 1.28 bits per heavy atom. The largest absolute Gasteiger partial charge is 0.479 e. The van der Waals surface area contributed by atoms with E-state index < -0.39 is 12.1 Å². The zero-order valence-electron chi connectivity index (χ0n) is 10.3. The summed E-state index contributed by atoms with van der Waals surface area (Å²) < 4.78 is 0. The maximum Gasteiger partial charge on any atom is 0.332 e. The molecule has 0 saturated heterocycles. The van der Waals surface area contributed by atoms with E-state index in [1.54, 1.807) is 0 Å². The van der Waals surface area contributed by atoms with E-state index >= 15 is 0 Å². The second-order valence-electron chi connectivity index (χ2n) is 5.39. The van der Waals surface area contributed by atoms with Crippen LogP contribution >= 0.6 is 0 Å². The number of carbonyl (C=O) groups excluding carboxylic acids is 1. The number of carboxylic acids is 1. The van der Waals surface area contributed by atoms with Gasteiger partial charge in [-0.3, -0.25) is 0 Å². The molecule has 2 aliphatic rings. The van der Waals surface area contributed by atoms with Crippen molar-refractivity contribution in [3.8, 4) is 0 Å². The van der Waals surface area contributed by atoms with Crippen LogP contribution in [-0.4, -0.2) is 41.4 Å². The predicted molar refractivity (Wildman–Crippen MR) is 64.1 cm³/mol. The summed E-state index contributed by atoms with van der Waals surface area (Å²) in [7, 11) is 0. The van der Waals surface area contributed by atoms with Crippen molar-refractivity contribution in [2.24, 2.45) is 11.3 Å². The van der Waals surface area contributed by atoms with Crippen molar-refractivity contribution >= 4 is 12.0 Å². The molecule has 0 aromatic rings. The molecule has 1 unspecified atom stereocenters. The molecule has 1 atom stereocenters. The number of carboxylic acid groups (broad SMARTS) is 1. The molecule has 4 N–H and O–H groups in total. The quantitative estimate of drug-likeness (QED) is 0.527. The van der Waals surface area contributed by atoms with Crippen LogP contribution in [0.3, 0.4) is 0 Å². The summed E-state index contributed by atoms with van der Waals surface area (Å²) in [5.41, 5.74) is 0.359. The second-order valence-corrected chi connectivity index (χ2v) is 5.39. The van der Waals surface area contributed by atoms with E-state index in [-0.39, 0.29) is 19.0 Å². The lowest BCUT2D eigenvalue weighted by Crippen LogP contribution is -2.40. The number of hydrogen-bond donors (Lipinski definition) is 4. The lowest BCUT2D eigenvalue weighted by molar-refractivity contribution is -0.146. The third kappa shape index (κ3) is 3.35. The van der Waals surface area contributed by atoms with Gasteiger partial charge in [-0.05, 0) is 37.0 Å². The van der Waals surface area contributed by atoms with E-state index in [1.807, 2.05) is 0 Å². The maximum atomic E-state index is 11.5. The SMILES string of the molecule is O=C(NCCC(O)C(=O)O)NCC1(C2CC2)CC1. The number of amides is 2. The van der Waals surface area contributed by atoms with E-state index in [2.05, 4.69) is 10.6 Å². The molecule has 0 aromatic carbocycles. The van der Waals surface area contributed by atoms with Gasteiger partial charge < -0.3 is 20.8 Å². The van der Waals surface area contributed by atoms with Gasteiger partial charge >= 0.3 is 12.0 Å². The van der Waals surface area contributed by atoms with Crippen LogP contribution in [0, 0.1) is 11.3 Å². The second kappa shape index (κ2) is 5.14. The first-order valence-corrected chi connectivity index (χ1v) is 6.46. The molecule has 0 radical (unpaired) electrons. The molecule has 2 saturated carbocycles. The average Bonchev–Trinajstić information content (AvgIpc) is 3.16. The standard InChI is InChI=1S/C12H20N2O4/c15-9(10(16)17)3-6-13-11(18)14-7-12(4-5-12)8-1-2-8/h8-9,15H,1-7H2,(H,16,17)(H2,13,14,18). The van der Waals surface area contributed by atoms with Gasteiger partial charge in [0.2, 0.25) is 0 Å². The average molecular weight is 256 g/mol. The Morgan fingerprint density at radius 2 is 1.94 bits per heavy atom. The molecule has 2 fully saturated rings. The Labute approximate surface area is 106 Å². The summed E-state index contributed by atoms with van der Waals surface area (Å²) in [6.07, 6.45) is 3.59. The Morgan fingerprint density at radius 3 is 2.44 bits per heavy atom. The van der Waals surface area contributed by atoms with E-state index in [0.29, 0.717) is 12.0 Å². The lowest BCUT2D eigenvalue weighted by Gasteiger charge is -2.15. The normalized spacial score (nSPS) is 22.1. The minimum Gasteiger partial charge on any atom is -0.479 e. The molecule has 0 bridgehead atoms. The topological polar surface area (TPSA) is 98.7 Å². The van der Waals surface area contributed by atoms with Gasteiger partial charge in [-0.1, -0.05) is 0 Å². The zero-order chi connectivity index (χ0) is 13.2. The highest BCUT2D eigenvalue weighted by Crippen LogP contribution is 2.60. The molecular formula is C12H20N2O4. The van der Waals surface area contributed by atoms with Gasteiger partial charge in [0.15, 0.2) is 6.10 Å². The Bertz CT molecular complexity index is 337. The number of aliphatic carboxylic acids is 1. The first-order valence-electron chi connectivity index (χ1n) is 6.46. The monoisotopic (exact) mass is 256 g/mol. The molecule has 2 aliphatic carbocycles.